The zero-order chi connectivity index (χ0) is 9.52. The van der Waals surface area contributed by atoms with Crippen molar-refractivity contribution in [1.82, 2.24) is 14.9 Å². The molecule has 0 radical (unpaired) electrons. The molecule has 0 aliphatic carbocycles. The second-order valence-corrected chi connectivity index (χ2v) is 3.13. The summed E-state index contributed by atoms with van der Waals surface area (Å²) in [5, 5.41) is 3.34. The van der Waals surface area contributed by atoms with Gasteiger partial charge >= 0.3 is 0 Å². The third kappa shape index (κ3) is 3.90. The summed E-state index contributed by atoms with van der Waals surface area (Å²) in [5.41, 5.74) is 0. The van der Waals surface area contributed by atoms with Crippen molar-refractivity contribution in [3.63, 3.8) is 0 Å². The van der Waals surface area contributed by atoms with Gasteiger partial charge in [-0.15, -0.1) is 6.58 Å². The monoisotopic (exact) mass is 179 g/mol. The van der Waals surface area contributed by atoms with Gasteiger partial charge in [0.15, 0.2) is 0 Å². The van der Waals surface area contributed by atoms with Gasteiger partial charge in [0.25, 0.3) is 0 Å². The minimum atomic E-state index is 0.405. The van der Waals surface area contributed by atoms with Gasteiger partial charge in [-0.25, -0.2) is 4.98 Å². The third-order valence-corrected chi connectivity index (χ3v) is 1.97. The van der Waals surface area contributed by atoms with Crippen LogP contribution in [0.15, 0.2) is 31.4 Å². The van der Waals surface area contributed by atoms with Crippen LogP contribution in [0, 0.1) is 0 Å². The lowest BCUT2D eigenvalue weighted by Gasteiger charge is -2.08. The fraction of sp³-hybridized carbons (Fsp3) is 0.500. The minimum absolute atomic E-state index is 0.405. The van der Waals surface area contributed by atoms with Gasteiger partial charge in [0, 0.05) is 25.0 Å². The maximum atomic E-state index is 3.98. The summed E-state index contributed by atoms with van der Waals surface area (Å²) < 4.78 is 2.08. The number of nitrogens with zero attached hydrogens (tertiary/aromatic N) is 2. The van der Waals surface area contributed by atoms with E-state index in [1.165, 1.54) is 0 Å². The molecule has 0 saturated carbocycles. The van der Waals surface area contributed by atoms with Crippen LogP contribution in [0.1, 0.15) is 13.3 Å². The molecule has 1 heterocycles. The predicted molar refractivity (Wildman–Crippen MR) is 54.5 cm³/mol. The fourth-order valence-corrected chi connectivity index (χ4v) is 1.09. The van der Waals surface area contributed by atoms with Gasteiger partial charge in [-0.1, -0.05) is 6.08 Å². The second-order valence-electron chi connectivity index (χ2n) is 3.13. The molecule has 0 aliphatic heterocycles. The van der Waals surface area contributed by atoms with E-state index in [2.05, 4.69) is 28.4 Å². The molecule has 0 bridgehead atoms. The van der Waals surface area contributed by atoms with Crippen LogP contribution in [-0.2, 0) is 6.54 Å². The number of rotatable bonds is 6. The number of nitrogens with one attached hydrogen (secondary N) is 1. The summed E-state index contributed by atoms with van der Waals surface area (Å²) in [6.45, 7) is 7.86. The van der Waals surface area contributed by atoms with E-state index in [1.807, 2.05) is 18.6 Å². The highest BCUT2D eigenvalue weighted by molar-refractivity contribution is 4.81. The Hall–Kier alpha value is -1.09. The first-order valence-corrected chi connectivity index (χ1v) is 4.64. The highest BCUT2D eigenvalue weighted by atomic mass is 15.0. The summed E-state index contributed by atoms with van der Waals surface area (Å²) in [4.78, 5) is 3.98. The Labute approximate surface area is 79.5 Å². The number of aromatic nitrogens is 2. The summed E-state index contributed by atoms with van der Waals surface area (Å²) in [7, 11) is 0. The van der Waals surface area contributed by atoms with E-state index in [9.17, 15) is 0 Å². The van der Waals surface area contributed by atoms with Gasteiger partial charge in [-0.05, 0) is 19.9 Å². The molecule has 1 aromatic heterocycles. The molecule has 1 N–H and O–H groups in total. The van der Waals surface area contributed by atoms with Gasteiger partial charge in [-0.3, -0.25) is 0 Å². The Morgan fingerprint density at radius 1 is 1.69 bits per heavy atom. The van der Waals surface area contributed by atoms with E-state index >= 15 is 0 Å². The Balaban J connectivity index is 2.05. The molecule has 0 aliphatic rings. The van der Waals surface area contributed by atoms with Crippen LogP contribution in [0.3, 0.4) is 0 Å². The maximum Gasteiger partial charge on any atom is 0.0945 e. The molecule has 1 rings (SSSR count). The molecular formula is C10H17N3. The molecule has 72 valence electrons. The third-order valence-electron chi connectivity index (χ3n) is 1.97. The largest absolute Gasteiger partial charge is 0.337 e. The van der Waals surface area contributed by atoms with Crippen molar-refractivity contribution in [2.45, 2.75) is 25.9 Å². The summed E-state index contributed by atoms with van der Waals surface area (Å²) in [5.74, 6) is 0. The van der Waals surface area contributed by atoms with Crippen molar-refractivity contribution in [2.75, 3.05) is 6.54 Å². The molecule has 0 spiro atoms. The van der Waals surface area contributed by atoms with Crippen molar-refractivity contribution in [3.8, 4) is 0 Å². The van der Waals surface area contributed by atoms with Crippen molar-refractivity contribution < 1.29 is 0 Å². The Kier molecular flexibility index (Phi) is 4.26. The number of hydrogen-bond donors (Lipinski definition) is 1. The molecule has 3 nitrogen and oxygen atoms in total. The van der Waals surface area contributed by atoms with Gasteiger partial charge in [0.1, 0.15) is 0 Å². The van der Waals surface area contributed by atoms with Crippen LogP contribution in [0.2, 0.25) is 0 Å². The van der Waals surface area contributed by atoms with Crippen molar-refractivity contribution in [3.05, 3.63) is 31.4 Å². The zero-order valence-electron chi connectivity index (χ0n) is 8.11. The van der Waals surface area contributed by atoms with Crippen molar-refractivity contribution in [2.24, 2.45) is 0 Å². The summed E-state index contributed by atoms with van der Waals surface area (Å²) in [6, 6.07) is 0.405. The lowest BCUT2D eigenvalue weighted by molar-refractivity contribution is 0.558. The second kappa shape index (κ2) is 5.54. The van der Waals surface area contributed by atoms with E-state index in [4.69, 9.17) is 0 Å². The van der Waals surface area contributed by atoms with Gasteiger partial charge < -0.3 is 9.88 Å². The molecule has 0 amide bonds. The number of aryl methyl sites for hydroxylation is 1. The Morgan fingerprint density at radius 3 is 3.15 bits per heavy atom. The zero-order valence-corrected chi connectivity index (χ0v) is 8.11. The summed E-state index contributed by atoms with van der Waals surface area (Å²) in [6.07, 6.45) is 8.67. The summed E-state index contributed by atoms with van der Waals surface area (Å²) >= 11 is 0. The highest BCUT2D eigenvalue weighted by Gasteiger charge is 1.93. The molecule has 0 saturated heterocycles. The first-order chi connectivity index (χ1) is 6.33. The maximum absolute atomic E-state index is 3.98. The lowest BCUT2D eigenvalue weighted by atomic mass is 10.3. The van der Waals surface area contributed by atoms with E-state index in [-0.39, 0.29) is 0 Å². The molecule has 13 heavy (non-hydrogen) atoms. The van der Waals surface area contributed by atoms with E-state index in [0.717, 1.165) is 19.5 Å². The molecular weight excluding hydrogens is 162 g/mol. The van der Waals surface area contributed by atoms with Crippen LogP contribution in [0.5, 0.6) is 0 Å². The van der Waals surface area contributed by atoms with Crippen LogP contribution < -0.4 is 5.32 Å². The molecule has 3 heteroatoms. The first-order valence-electron chi connectivity index (χ1n) is 4.64. The topological polar surface area (TPSA) is 29.9 Å². The van der Waals surface area contributed by atoms with Gasteiger partial charge in [-0.2, -0.15) is 0 Å². The van der Waals surface area contributed by atoms with Crippen LogP contribution >= 0.6 is 0 Å². The smallest absolute Gasteiger partial charge is 0.0945 e. The molecule has 0 aromatic carbocycles. The standard InChI is InChI=1S/C10H17N3/c1-3-10(2)12-5-4-7-13-8-6-11-9-13/h3,6,8-10,12H,1,4-5,7H2,2H3. The van der Waals surface area contributed by atoms with E-state index in [1.54, 1.807) is 6.20 Å². The Morgan fingerprint density at radius 2 is 2.54 bits per heavy atom. The minimum Gasteiger partial charge on any atom is -0.337 e. The predicted octanol–water partition coefficient (Wildman–Crippen LogP) is 1.44. The fourth-order valence-electron chi connectivity index (χ4n) is 1.09. The van der Waals surface area contributed by atoms with Crippen molar-refractivity contribution in [1.29, 1.82) is 0 Å². The molecule has 1 unspecified atom stereocenters. The van der Waals surface area contributed by atoms with E-state index < -0.39 is 0 Å². The quantitative estimate of drug-likeness (QED) is 0.529. The number of hydrogen-bond acceptors (Lipinski definition) is 2. The molecule has 1 atom stereocenters. The van der Waals surface area contributed by atoms with Crippen LogP contribution in [0.4, 0.5) is 0 Å². The highest BCUT2D eigenvalue weighted by Crippen LogP contribution is 1.90. The van der Waals surface area contributed by atoms with Crippen molar-refractivity contribution >= 4 is 0 Å². The normalized spacial score (nSPS) is 12.7. The average Bonchev–Trinajstić information content (AvgIpc) is 2.64. The molecule has 0 fully saturated rings. The Bertz CT molecular complexity index is 228. The van der Waals surface area contributed by atoms with Gasteiger partial charge in [0.2, 0.25) is 0 Å². The first kappa shape index (κ1) is 9.99. The SMILES string of the molecule is C=CC(C)NCCCn1ccnc1. The van der Waals surface area contributed by atoms with E-state index in [0.29, 0.717) is 6.04 Å². The lowest BCUT2D eigenvalue weighted by Crippen LogP contribution is -2.25. The van der Waals surface area contributed by atoms with Gasteiger partial charge in [0.05, 0.1) is 6.33 Å². The molecule has 1 aromatic rings. The van der Waals surface area contributed by atoms with Crippen LogP contribution in [-0.4, -0.2) is 22.1 Å². The number of imidazole rings is 1. The van der Waals surface area contributed by atoms with Crippen LogP contribution in [0.25, 0.3) is 0 Å². The average molecular weight is 179 g/mol.